The predicted octanol–water partition coefficient (Wildman–Crippen LogP) is 9.86. The summed E-state index contributed by atoms with van der Waals surface area (Å²) in [5.41, 5.74) is 9.78. The van der Waals surface area contributed by atoms with E-state index in [9.17, 15) is 0 Å². The van der Waals surface area contributed by atoms with Gasteiger partial charge < -0.3 is 9.13 Å². The van der Waals surface area contributed by atoms with Crippen molar-refractivity contribution in [3.05, 3.63) is 145 Å². The van der Waals surface area contributed by atoms with Gasteiger partial charge in [0.25, 0.3) is 0 Å². The zero-order chi connectivity index (χ0) is 25.9. The van der Waals surface area contributed by atoms with Gasteiger partial charge in [-0.15, -0.1) is 0 Å². The average Bonchev–Trinajstić information content (AvgIpc) is 3.56. The first-order valence-corrected chi connectivity index (χ1v) is 13.4. The van der Waals surface area contributed by atoms with Gasteiger partial charge in [0.1, 0.15) is 0 Å². The van der Waals surface area contributed by atoms with Crippen LogP contribution in [-0.4, -0.2) is 9.13 Å². The molecule has 0 saturated heterocycles. The topological polar surface area (TPSA) is 9.86 Å². The second-order valence-electron chi connectivity index (χ2n) is 10.4. The minimum absolute atomic E-state index is 1.18. The second kappa shape index (κ2) is 8.47. The highest BCUT2D eigenvalue weighted by molar-refractivity contribution is 6.21. The van der Waals surface area contributed by atoms with E-state index in [-0.39, 0.29) is 0 Å². The summed E-state index contributed by atoms with van der Waals surface area (Å²) in [4.78, 5) is 0. The molecule has 0 fully saturated rings. The van der Waals surface area contributed by atoms with E-state index >= 15 is 0 Å². The largest absolute Gasteiger partial charge is 0.317 e. The maximum absolute atomic E-state index is 2.39. The Kier molecular flexibility index (Phi) is 4.77. The maximum atomic E-state index is 2.39. The first-order valence-electron chi connectivity index (χ1n) is 13.4. The van der Waals surface area contributed by atoms with Crippen molar-refractivity contribution in [3.8, 4) is 22.5 Å². The van der Waals surface area contributed by atoms with E-state index in [0.717, 1.165) is 0 Å². The standard InChI is InChI=1S/C37H26N2/c1-25-8-7-12-31(22-25)38-21-20-29-23-27(15-17-34(29)38)28-16-18-35-33(24-28)37-32-13-6-5-9-26(32)14-19-36(37)39(35)30-10-3-2-4-11-30/h2-24H,1H3. The molecule has 184 valence electrons. The number of aromatic nitrogens is 2. The summed E-state index contributed by atoms with van der Waals surface area (Å²) in [6.45, 7) is 2.14. The number of aryl methyl sites for hydroxylation is 1. The van der Waals surface area contributed by atoms with Crippen LogP contribution in [0.5, 0.6) is 0 Å². The molecule has 0 aliphatic carbocycles. The Labute approximate surface area is 227 Å². The predicted molar refractivity (Wildman–Crippen MR) is 165 cm³/mol. The van der Waals surface area contributed by atoms with Crippen LogP contribution in [0.1, 0.15) is 5.56 Å². The molecule has 0 radical (unpaired) electrons. The van der Waals surface area contributed by atoms with Crippen molar-refractivity contribution >= 4 is 43.5 Å². The highest BCUT2D eigenvalue weighted by Crippen LogP contribution is 2.39. The normalized spacial score (nSPS) is 11.7. The third-order valence-corrected chi connectivity index (χ3v) is 7.97. The van der Waals surface area contributed by atoms with E-state index in [1.54, 1.807) is 0 Å². The molecule has 0 amide bonds. The average molecular weight is 499 g/mol. The highest BCUT2D eigenvalue weighted by atomic mass is 15.0. The van der Waals surface area contributed by atoms with Crippen LogP contribution >= 0.6 is 0 Å². The molecule has 0 unspecified atom stereocenters. The van der Waals surface area contributed by atoms with Crippen molar-refractivity contribution in [2.75, 3.05) is 0 Å². The number of para-hydroxylation sites is 1. The van der Waals surface area contributed by atoms with Crippen LogP contribution in [0.15, 0.2) is 140 Å². The number of benzene rings is 6. The molecule has 0 atom stereocenters. The first-order chi connectivity index (χ1) is 19.2. The molecule has 0 saturated carbocycles. The Bertz CT molecular complexity index is 2180. The molecule has 39 heavy (non-hydrogen) atoms. The van der Waals surface area contributed by atoms with Gasteiger partial charge in [0.05, 0.1) is 16.6 Å². The van der Waals surface area contributed by atoms with E-state index in [0.29, 0.717) is 0 Å². The van der Waals surface area contributed by atoms with Crippen molar-refractivity contribution in [3.63, 3.8) is 0 Å². The van der Waals surface area contributed by atoms with Gasteiger partial charge in [0.15, 0.2) is 0 Å². The third kappa shape index (κ3) is 3.42. The van der Waals surface area contributed by atoms with Crippen molar-refractivity contribution in [1.29, 1.82) is 0 Å². The SMILES string of the molecule is Cc1cccc(-n2ccc3cc(-c4ccc5c(c4)c4c6ccccc6ccc4n5-c4ccccc4)ccc32)c1. The first kappa shape index (κ1) is 22.0. The van der Waals surface area contributed by atoms with Crippen molar-refractivity contribution in [1.82, 2.24) is 9.13 Å². The van der Waals surface area contributed by atoms with Gasteiger partial charge in [-0.1, -0.05) is 72.8 Å². The summed E-state index contributed by atoms with van der Waals surface area (Å²) in [5, 5.41) is 6.38. The Balaban J connectivity index is 1.35. The van der Waals surface area contributed by atoms with E-state index in [1.807, 2.05) is 0 Å². The monoisotopic (exact) mass is 498 g/mol. The van der Waals surface area contributed by atoms with Crippen molar-refractivity contribution < 1.29 is 0 Å². The lowest BCUT2D eigenvalue weighted by atomic mass is 9.99. The number of fused-ring (bicyclic) bond motifs is 6. The van der Waals surface area contributed by atoms with Crippen LogP contribution in [0.2, 0.25) is 0 Å². The summed E-state index contributed by atoms with van der Waals surface area (Å²) in [5.74, 6) is 0. The Hall–Kier alpha value is -5.08. The van der Waals surface area contributed by atoms with Crippen LogP contribution in [0.4, 0.5) is 0 Å². The molecule has 0 aliphatic rings. The van der Waals surface area contributed by atoms with E-state index in [2.05, 4.69) is 156 Å². The molecular formula is C37H26N2. The van der Waals surface area contributed by atoms with Crippen molar-refractivity contribution in [2.45, 2.75) is 6.92 Å². The summed E-state index contributed by atoms with van der Waals surface area (Å²) < 4.78 is 4.67. The van der Waals surface area contributed by atoms with Gasteiger partial charge in [-0.3, -0.25) is 0 Å². The second-order valence-corrected chi connectivity index (χ2v) is 10.4. The van der Waals surface area contributed by atoms with Gasteiger partial charge >= 0.3 is 0 Å². The molecular weight excluding hydrogens is 472 g/mol. The third-order valence-electron chi connectivity index (χ3n) is 7.97. The summed E-state index contributed by atoms with van der Waals surface area (Å²) >= 11 is 0. The molecule has 8 rings (SSSR count). The van der Waals surface area contributed by atoms with Crippen LogP contribution in [-0.2, 0) is 0 Å². The molecule has 2 heteroatoms. The van der Waals surface area contributed by atoms with E-state index in [1.165, 1.54) is 71.5 Å². The van der Waals surface area contributed by atoms with E-state index < -0.39 is 0 Å². The highest BCUT2D eigenvalue weighted by Gasteiger charge is 2.16. The lowest BCUT2D eigenvalue weighted by molar-refractivity contribution is 1.12. The van der Waals surface area contributed by atoms with Gasteiger partial charge in [0.2, 0.25) is 0 Å². The molecule has 0 bridgehead atoms. The summed E-state index contributed by atoms with van der Waals surface area (Å²) in [6, 6.07) is 48.5. The lowest BCUT2D eigenvalue weighted by Gasteiger charge is -2.09. The van der Waals surface area contributed by atoms with Crippen LogP contribution in [0.25, 0.3) is 66.0 Å². The molecule has 2 heterocycles. The molecule has 2 aromatic heterocycles. The van der Waals surface area contributed by atoms with Gasteiger partial charge in [0, 0.05) is 33.7 Å². The summed E-state index contributed by atoms with van der Waals surface area (Å²) in [6.07, 6.45) is 2.17. The molecule has 2 nitrogen and oxygen atoms in total. The minimum Gasteiger partial charge on any atom is -0.317 e. The van der Waals surface area contributed by atoms with Gasteiger partial charge in [-0.05, 0) is 95.1 Å². The maximum Gasteiger partial charge on any atom is 0.0547 e. The Morgan fingerprint density at radius 1 is 0.462 bits per heavy atom. The van der Waals surface area contributed by atoms with Crippen LogP contribution in [0, 0.1) is 6.92 Å². The number of hydrogen-bond donors (Lipinski definition) is 0. The zero-order valence-corrected chi connectivity index (χ0v) is 21.7. The fourth-order valence-electron chi connectivity index (χ4n) is 6.15. The fourth-order valence-corrected chi connectivity index (χ4v) is 6.15. The number of nitrogens with zero attached hydrogens (tertiary/aromatic N) is 2. The molecule has 6 aromatic carbocycles. The lowest BCUT2D eigenvalue weighted by Crippen LogP contribution is -1.93. The minimum atomic E-state index is 1.18. The summed E-state index contributed by atoms with van der Waals surface area (Å²) in [7, 11) is 0. The van der Waals surface area contributed by atoms with Crippen LogP contribution in [0.3, 0.4) is 0 Å². The van der Waals surface area contributed by atoms with Gasteiger partial charge in [-0.2, -0.15) is 0 Å². The number of hydrogen-bond acceptors (Lipinski definition) is 0. The smallest absolute Gasteiger partial charge is 0.0547 e. The fraction of sp³-hybridized carbons (Fsp3) is 0.0270. The van der Waals surface area contributed by atoms with E-state index in [4.69, 9.17) is 0 Å². The Morgan fingerprint density at radius 3 is 2.08 bits per heavy atom. The van der Waals surface area contributed by atoms with Gasteiger partial charge in [-0.25, -0.2) is 0 Å². The molecule has 0 N–H and O–H groups in total. The van der Waals surface area contributed by atoms with Crippen LogP contribution < -0.4 is 0 Å². The quantitative estimate of drug-likeness (QED) is 0.229. The molecule has 8 aromatic rings. The van der Waals surface area contributed by atoms with Crippen molar-refractivity contribution in [2.24, 2.45) is 0 Å². The molecule has 0 aliphatic heterocycles. The molecule has 0 spiro atoms. The number of rotatable bonds is 3. The Morgan fingerprint density at radius 2 is 1.21 bits per heavy atom. The zero-order valence-electron chi connectivity index (χ0n) is 21.7.